The summed E-state index contributed by atoms with van der Waals surface area (Å²) in [5.74, 6) is 0.363. The Kier molecular flexibility index (Phi) is 5.93. The van der Waals surface area contributed by atoms with Crippen molar-refractivity contribution in [1.82, 2.24) is 9.88 Å². The van der Waals surface area contributed by atoms with Gasteiger partial charge < -0.3 is 9.80 Å². The first-order chi connectivity index (χ1) is 13.2. The number of nitrogens with zero attached hydrogens (tertiary/aromatic N) is 3. The number of aromatic nitrogens is 1. The van der Waals surface area contributed by atoms with E-state index in [1.807, 2.05) is 24.0 Å². The lowest BCUT2D eigenvalue weighted by molar-refractivity contribution is -0.137. The predicted molar refractivity (Wildman–Crippen MR) is 103 cm³/mol. The van der Waals surface area contributed by atoms with Crippen molar-refractivity contribution in [1.29, 1.82) is 0 Å². The number of anilines is 1. The number of benzene rings is 1. The van der Waals surface area contributed by atoms with Gasteiger partial charge in [0.1, 0.15) is 5.82 Å². The van der Waals surface area contributed by atoms with Crippen LogP contribution in [-0.4, -0.2) is 42.0 Å². The summed E-state index contributed by atoms with van der Waals surface area (Å²) in [5, 5.41) is 0.646. The normalized spacial score (nSPS) is 15.3. The van der Waals surface area contributed by atoms with Gasteiger partial charge in [-0.15, -0.1) is 0 Å². The average molecular weight is 410 g/mol. The SMILES string of the molecule is Cc1ccc(/C=C/C(=O)N2CCN(c3ccc(C(F)(F)F)cn3)CC2)cc1Cl. The molecule has 2 aromatic rings. The highest BCUT2D eigenvalue weighted by molar-refractivity contribution is 6.31. The second-order valence-electron chi connectivity index (χ2n) is 6.56. The molecule has 0 N–H and O–H groups in total. The zero-order chi connectivity index (χ0) is 20.3. The van der Waals surface area contributed by atoms with Crippen LogP contribution in [-0.2, 0) is 11.0 Å². The van der Waals surface area contributed by atoms with Gasteiger partial charge in [0.2, 0.25) is 5.91 Å². The molecule has 0 atom stereocenters. The van der Waals surface area contributed by atoms with Crippen LogP contribution >= 0.6 is 11.6 Å². The maximum Gasteiger partial charge on any atom is 0.417 e. The Labute approximate surface area is 166 Å². The summed E-state index contributed by atoms with van der Waals surface area (Å²) in [4.78, 5) is 19.8. The van der Waals surface area contributed by atoms with Crippen LogP contribution in [0.25, 0.3) is 6.08 Å². The summed E-state index contributed by atoms with van der Waals surface area (Å²) in [6.07, 6.45) is -0.336. The first kappa shape index (κ1) is 20.2. The van der Waals surface area contributed by atoms with Gasteiger partial charge in [-0.05, 0) is 42.3 Å². The van der Waals surface area contributed by atoms with E-state index in [9.17, 15) is 18.0 Å². The van der Waals surface area contributed by atoms with Crippen LogP contribution in [0.15, 0.2) is 42.6 Å². The fraction of sp³-hybridized carbons (Fsp3) is 0.300. The number of carbonyl (C=O) groups is 1. The van der Waals surface area contributed by atoms with Gasteiger partial charge >= 0.3 is 6.18 Å². The lowest BCUT2D eigenvalue weighted by Crippen LogP contribution is -2.48. The van der Waals surface area contributed by atoms with Crippen molar-refractivity contribution in [3.63, 3.8) is 0 Å². The van der Waals surface area contributed by atoms with E-state index < -0.39 is 11.7 Å². The van der Waals surface area contributed by atoms with Crippen molar-refractivity contribution in [2.24, 2.45) is 0 Å². The van der Waals surface area contributed by atoms with E-state index in [2.05, 4.69) is 4.98 Å². The minimum absolute atomic E-state index is 0.114. The van der Waals surface area contributed by atoms with Gasteiger partial charge in [-0.25, -0.2) is 4.98 Å². The summed E-state index contributed by atoms with van der Waals surface area (Å²) in [6, 6.07) is 7.97. The number of carbonyl (C=O) groups excluding carboxylic acids is 1. The Balaban J connectivity index is 1.56. The topological polar surface area (TPSA) is 36.4 Å². The standard InChI is InChI=1S/C20H19ClF3N3O/c1-14-2-3-15(12-17(14)21)4-7-19(28)27-10-8-26(9-11-27)18-6-5-16(13-25-18)20(22,23)24/h2-7,12-13H,8-11H2,1H3/b7-4+. The summed E-state index contributed by atoms with van der Waals surface area (Å²) < 4.78 is 37.9. The molecular weight excluding hydrogens is 391 g/mol. The van der Waals surface area contributed by atoms with E-state index in [0.29, 0.717) is 37.0 Å². The molecular formula is C20H19ClF3N3O. The number of aryl methyl sites for hydroxylation is 1. The highest BCUT2D eigenvalue weighted by Crippen LogP contribution is 2.29. The number of pyridine rings is 1. The fourth-order valence-corrected chi connectivity index (χ4v) is 3.07. The molecule has 1 saturated heterocycles. The third-order valence-electron chi connectivity index (χ3n) is 4.60. The molecule has 8 heteroatoms. The van der Waals surface area contributed by atoms with Crippen LogP contribution in [0.1, 0.15) is 16.7 Å². The van der Waals surface area contributed by atoms with Crippen molar-refractivity contribution < 1.29 is 18.0 Å². The summed E-state index contributed by atoms with van der Waals surface area (Å²) in [7, 11) is 0. The van der Waals surface area contributed by atoms with Gasteiger partial charge in [0, 0.05) is 43.5 Å². The minimum atomic E-state index is -4.40. The molecule has 148 valence electrons. The highest BCUT2D eigenvalue weighted by atomic mass is 35.5. The summed E-state index contributed by atoms with van der Waals surface area (Å²) in [5.41, 5.74) is 1.04. The number of hydrogen-bond donors (Lipinski definition) is 0. The van der Waals surface area contributed by atoms with Crippen molar-refractivity contribution in [2.75, 3.05) is 31.1 Å². The number of alkyl halides is 3. The van der Waals surface area contributed by atoms with Crippen LogP contribution in [0.4, 0.5) is 19.0 Å². The van der Waals surface area contributed by atoms with Gasteiger partial charge in [-0.2, -0.15) is 13.2 Å². The molecule has 0 saturated carbocycles. The largest absolute Gasteiger partial charge is 0.417 e. The van der Waals surface area contributed by atoms with Crippen molar-refractivity contribution in [2.45, 2.75) is 13.1 Å². The maximum atomic E-state index is 12.6. The van der Waals surface area contributed by atoms with E-state index in [-0.39, 0.29) is 5.91 Å². The molecule has 1 aromatic carbocycles. The minimum Gasteiger partial charge on any atom is -0.353 e. The third kappa shape index (κ3) is 4.84. The molecule has 2 heterocycles. The van der Waals surface area contributed by atoms with Gasteiger partial charge in [0.15, 0.2) is 0 Å². The Morgan fingerprint density at radius 3 is 2.43 bits per heavy atom. The molecule has 1 aliphatic heterocycles. The van der Waals surface area contributed by atoms with Crippen molar-refractivity contribution in [3.8, 4) is 0 Å². The smallest absolute Gasteiger partial charge is 0.353 e. The molecule has 0 spiro atoms. The van der Waals surface area contributed by atoms with E-state index in [1.165, 1.54) is 12.1 Å². The van der Waals surface area contributed by atoms with Crippen LogP contribution in [0.3, 0.4) is 0 Å². The molecule has 0 bridgehead atoms. The first-order valence-corrected chi connectivity index (χ1v) is 9.13. The molecule has 1 amide bonds. The van der Waals surface area contributed by atoms with E-state index in [1.54, 1.807) is 17.0 Å². The summed E-state index contributed by atoms with van der Waals surface area (Å²) in [6.45, 7) is 3.87. The van der Waals surface area contributed by atoms with Gasteiger partial charge in [-0.3, -0.25) is 4.79 Å². The molecule has 0 aliphatic carbocycles. The quantitative estimate of drug-likeness (QED) is 0.704. The number of amides is 1. The Morgan fingerprint density at radius 1 is 1.14 bits per heavy atom. The fourth-order valence-electron chi connectivity index (χ4n) is 2.88. The molecule has 4 nitrogen and oxygen atoms in total. The van der Waals surface area contributed by atoms with Crippen molar-refractivity contribution >= 4 is 29.4 Å². The van der Waals surface area contributed by atoms with Crippen LogP contribution in [0.2, 0.25) is 5.02 Å². The molecule has 1 fully saturated rings. The Bertz CT molecular complexity index is 873. The van der Waals surface area contributed by atoms with E-state index in [4.69, 9.17) is 11.6 Å². The first-order valence-electron chi connectivity index (χ1n) is 8.75. The van der Waals surface area contributed by atoms with Gasteiger partial charge in [0.25, 0.3) is 0 Å². The van der Waals surface area contributed by atoms with Gasteiger partial charge in [-0.1, -0.05) is 23.7 Å². The predicted octanol–water partition coefficient (Wildman–Crippen LogP) is 4.42. The maximum absolute atomic E-state index is 12.6. The lowest BCUT2D eigenvalue weighted by atomic mass is 10.1. The van der Waals surface area contributed by atoms with Gasteiger partial charge in [0.05, 0.1) is 5.56 Å². The number of piperazine rings is 1. The summed E-state index contributed by atoms with van der Waals surface area (Å²) >= 11 is 6.08. The molecule has 1 aromatic heterocycles. The van der Waals surface area contributed by atoms with E-state index >= 15 is 0 Å². The monoisotopic (exact) mass is 409 g/mol. The molecule has 0 radical (unpaired) electrons. The zero-order valence-electron chi connectivity index (χ0n) is 15.2. The van der Waals surface area contributed by atoms with Crippen LogP contribution in [0, 0.1) is 6.92 Å². The zero-order valence-corrected chi connectivity index (χ0v) is 16.0. The molecule has 1 aliphatic rings. The Hall–Kier alpha value is -2.54. The van der Waals surface area contributed by atoms with Crippen LogP contribution < -0.4 is 4.90 Å². The lowest BCUT2D eigenvalue weighted by Gasteiger charge is -2.35. The molecule has 0 unspecified atom stereocenters. The van der Waals surface area contributed by atoms with E-state index in [0.717, 1.165) is 23.4 Å². The number of halogens is 4. The van der Waals surface area contributed by atoms with Crippen molar-refractivity contribution in [3.05, 3.63) is 64.3 Å². The number of hydrogen-bond acceptors (Lipinski definition) is 3. The second kappa shape index (κ2) is 8.22. The van der Waals surface area contributed by atoms with Crippen LogP contribution in [0.5, 0.6) is 0 Å². The second-order valence-corrected chi connectivity index (χ2v) is 6.96. The Morgan fingerprint density at radius 2 is 1.86 bits per heavy atom. The average Bonchev–Trinajstić information content (AvgIpc) is 2.68. The number of rotatable bonds is 3. The molecule has 28 heavy (non-hydrogen) atoms. The highest BCUT2D eigenvalue weighted by Gasteiger charge is 2.31. The molecule has 3 rings (SSSR count). The third-order valence-corrected chi connectivity index (χ3v) is 5.01.